The quantitative estimate of drug-likeness (QED) is 0.712. The Kier molecular flexibility index (Phi) is 4.16. The number of rotatable bonds is 3. The molecule has 0 spiro atoms. The second kappa shape index (κ2) is 6.45. The van der Waals surface area contributed by atoms with E-state index in [1.54, 1.807) is 11.8 Å². The van der Waals surface area contributed by atoms with Gasteiger partial charge in [0.1, 0.15) is 0 Å². The highest BCUT2D eigenvalue weighted by Gasteiger charge is 2.30. The summed E-state index contributed by atoms with van der Waals surface area (Å²) in [6.45, 7) is 0. The van der Waals surface area contributed by atoms with Gasteiger partial charge in [-0.05, 0) is 58.5 Å². The lowest BCUT2D eigenvalue weighted by Crippen LogP contribution is -2.28. The molecule has 2 heterocycles. The van der Waals surface area contributed by atoms with Gasteiger partial charge >= 0.3 is 0 Å². The van der Waals surface area contributed by atoms with Gasteiger partial charge in [-0.1, -0.05) is 41.0 Å². The van der Waals surface area contributed by atoms with Gasteiger partial charge in [0.25, 0.3) is 0 Å². The number of halogens is 1. The summed E-state index contributed by atoms with van der Waals surface area (Å²) in [5.74, 6) is 0.695. The van der Waals surface area contributed by atoms with Crippen molar-refractivity contribution in [3.05, 3.63) is 64.7 Å². The van der Waals surface area contributed by atoms with Crippen LogP contribution in [0, 0.1) is 0 Å². The highest BCUT2D eigenvalue weighted by molar-refractivity contribution is 7.98. The Bertz CT molecular complexity index is 831. The first-order valence-corrected chi connectivity index (χ1v) is 9.28. The first-order valence-electron chi connectivity index (χ1n) is 7.68. The lowest BCUT2D eigenvalue weighted by Gasteiger charge is -2.31. The van der Waals surface area contributed by atoms with Crippen LogP contribution in [0.1, 0.15) is 29.6 Å². The number of hydrogen-bond acceptors (Lipinski definition) is 5. The Labute approximate surface area is 149 Å². The third kappa shape index (κ3) is 2.87. The van der Waals surface area contributed by atoms with Crippen LogP contribution in [0.3, 0.4) is 0 Å². The van der Waals surface area contributed by atoms with Crippen molar-refractivity contribution in [3.8, 4) is 0 Å². The maximum absolute atomic E-state index is 6.01. The minimum absolute atomic E-state index is 0.104. The molecule has 0 saturated heterocycles. The second-order valence-electron chi connectivity index (χ2n) is 5.72. The zero-order valence-corrected chi connectivity index (χ0v) is 14.6. The molecule has 7 heteroatoms. The van der Waals surface area contributed by atoms with E-state index in [1.807, 2.05) is 28.9 Å². The van der Waals surface area contributed by atoms with Gasteiger partial charge in [-0.3, -0.25) is 0 Å². The van der Waals surface area contributed by atoms with Crippen LogP contribution in [0.15, 0.2) is 53.4 Å². The van der Waals surface area contributed by atoms with Crippen LogP contribution >= 0.6 is 23.4 Å². The Morgan fingerprint density at radius 2 is 1.79 bits per heavy atom. The summed E-state index contributed by atoms with van der Waals surface area (Å²) >= 11 is 7.75. The zero-order valence-electron chi connectivity index (χ0n) is 13.1. The summed E-state index contributed by atoms with van der Waals surface area (Å²) < 4.78 is 1.86. The molecule has 1 aliphatic rings. The Morgan fingerprint density at radius 1 is 1.08 bits per heavy atom. The van der Waals surface area contributed by atoms with Crippen molar-refractivity contribution in [2.24, 2.45) is 0 Å². The molecule has 0 amide bonds. The van der Waals surface area contributed by atoms with E-state index >= 15 is 0 Å². The minimum atomic E-state index is 0.104. The molecule has 0 saturated carbocycles. The predicted molar refractivity (Wildman–Crippen MR) is 96.6 cm³/mol. The molecule has 0 aliphatic carbocycles. The Balaban J connectivity index is 1.69. The van der Waals surface area contributed by atoms with E-state index in [4.69, 9.17) is 11.6 Å². The average molecular weight is 358 g/mol. The van der Waals surface area contributed by atoms with Crippen LogP contribution in [-0.2, 0) is 0 Å². The van der Waals surface area contributed by atoms with Gasteiger partial charge in [0.15, 0.2) is 0 Å². The van der Waals surface area contributed by atoms with Gasteiger partial charge in [-0.15, -0.1) is 11.8 Å². The van der Waals surface area contributed by atoms with Crippen LogP contribution < -0.4 is 5.32 Å². The number of benzene rings is 2. The van der Waals surface area contributed by atoms with Gasteiger partial charge < -0.3 is 5.32 Å². The van der Waals surface area contributed by atoms with E-state index in [2.05, 4.69) is 51.4 Å². The van der Waals surface area contributed by atoms with E-state index < -0.39 is 0 Å². The first kappa shape index (κ1) is 15.5. The highest BCUT2D eigenvalue weighted by atomic mass is 35.5. The molecule has 24 heavy (non-hydrogen) atoms. The van der Waals surface area contributed by atoms with Crippen LogP contribution in [-0.4, -0.2) is 26.5 Å². The largest absolute Gasteiger partial charge is 0.346 e. The number of nitrogens with zero attached hydrogens (tertiary/aromatic N) is 4. The molecule has 4 rings (SSSR count). The summed E-state index contributed by atoms with van der Waals surface area (Å²) in [6, 6.07) is 16.8. The fourth-order valence-corrected chi connectivity index (χ4v) is 3.59. The number of nitrogens with one attached hydrogen (secondary N) is 1. The molecular formula is C17H16ClN5S. The predicted octanol–water partition coefficient (Wildman–Crippen LogP) is 4.19. The van der Waals surface area contributed by atoms with Crippen molar-refractivity contribution in [3.63, 3.8) is 0 Å². The van der Waals surface area contributed by atoms with Gasteiger partial charge in [-0.2, -0.15) is 0 Å². The molecule has 3 aromatic rings. The molecule has 0 unspecified atom stereocenters. The van der Waals surface area contributed by atoms with Gasteiger partial charge in [-0.25, -0.2) is 4.68 Å². The van der Waals surface area contributed by atoms with Gasteiger partial charge in [0.05, 0.1) is 12.1 Å². The van der Waals surface area contributed by atoms with Crippen LogP contribution in [0.2, 0.25) is 5.02 Å². The Hall–Kier alpha value is -2.05. The summed E-state index contributed by atoms with van der Waals surface area (Å²) in [7, 11) is 0. The molecule has 2 aromatic carbocycles. The smallest absolute Gasteiger partial charge is 0.243 e. The SMILES string of the molecule is CSc1ccc([C@@H]2C[C@H](c3ccc(Cl)cc3)Nc3nnnn32)cc1. The fourth-order valence-electron chi connectivity index (χ4n) is 3.05. The van der Waals surface area contributed by atoms with Crippen molar-refractivity contribution >= 4 is 29.3 Å². The molecule has 0 bridgehead atoms. The first-order chi connectivity index (χ1) is 11.7. The molecule has 5 nitrogen and oxygen atoms in total. The van der Waals surface area contributed by atoms with E-state index in [0.717, 1.165) is 11.4 Å². The van der Waals surface area contributed by atoms with Crippen molar-refractivity contribution in [1.82, 2.24) is 20.2 Å². The second-order valence-corrected chi connectivity index (χ2v) is 7.04. The molecular weight excluding hydrogens is 342 g/mol. The van der Waals surface area contributed by atoms with Crippen LogP contribution in [0.25, 0.3) is 0 Å². The molecule has 2 atom stereocenters. The van der Waals surface area contributed by atoms with Gasteiger partial charge in [0.2, 0.25) is 5.95 Å². The molecule has 1 aromatic heterocycles. The highest BCUT2D eigenvalue weighted by Crippen LogP contribution is 2.37. The molecule has 0 radical (unpaired) electrons. The molecule has 0 fully saturated rings. The minimum Gasteiger partial charge on any atom is -0.346 e. The summed E-state index contributed by atoms with van der Waals surface area (Å²) in [6.07, 6.45) is 2.95. The molecule has 1 aliphatic heterocycles. The summed E-state index contributed by atoms with van der Waals surface area (Å²) in [5.41, 5.74) is 2.39. The third-order valence-corrected chi connectivity index (χ3v) is 5.32. The monoisotopic (exact) mass is 357 g/mol. The number of anilines is 1. The third-order valence-electron chi connectivity index (χ3n) is 4.32. The lowest BCUT2D eigenvalue weighted by atomic mass is 9.93. The normalized spacial score (nSPS) is 19.6. The molecule has 122 valence electrons. The number of fused-ring (bicyclic) bond motifs is 1. The van der Waals surface area contributed by atoms with Crippen molar-refractivity contribution in [2.45, 2.75) is 23.4 Å². The summed E-state index contributed by atoms with van der Waals surface area (Å²) in [5, 5.41) is 16.3. The van der Waals surface area contributed by atoms with Crippen molar-refractivity contribution < 1.29 is 0 Å². The Morgan fingerprint density at radius 3 is 2.50 bits per heavy atom. The number of tetrazole rings is 1. The number of hydrogen-bond donors (Lipinski definition) is 1. The maximum atomic E-state index is 6.01. The fraction of sp³-hybridized carbons (Fsp3) is 0.235. The van der Waals surface area contributed by atoms with Gasteiger partial charge in [0, 0.05) is 9.92 Å². The van der Waals surface area contributed by atoms with E-state index in [1.165, 1.54) is 16.0 Å². The van der Waals surface area contributed by atoms with E-state index in [9.17, 15) is 0 Å². The molecule has 1 N–H and O–H groups in total. The summed E-state index contributed by atoms with van der Waals surface area (Å²) in [4.78, 5) is 1.25. The van der Waals surface area contributed by atoms with Crippen LogP contribution in [0.4, 0.5) is 5.95 Å². The zero-order chi connectivity index (χ0) is 16.5. The van der Waals surface area contributed by atoms with Crippen LogP contribution in [0.5, 0.6) is 0 Å². The average Bonchev–Trinajstić information content (AvgIpc) is 3.10. The lowest BCUT2D eigenvalue weighted by molar-refractivity contribution is 0.423. The van der Waals surface area contributed by atoms with Crippen molar-refractivity contribution in [2.75, 3.05) is 11.6 Å². The topological polar surface area (TPSA) is 55.6 Å². The van der Waals surface area contributed by atoms with E-state index in [0.29, 0.717) is 5.95 Å². The number of thioether (sulfide) groups is 1. The van der Waals surface area contributed by atoms with Crippen molar-refractivity contribution in [1.29, 1.82) is 0 Å². The van der Waals surface area contributed by atoms with E-state index in [-0.39, 0.29) is 12.1 Å². The standard InChI is InChI=1S/C17H16ClN5S/c1-24-14-8-4-12(5-9-14)16-10-15(11-2-6-13(18)7-3-11)19-17-20-21-22-23(16)17/h2-9,15-16H,10H2,1H3,(H,19,20,22)/t15-,16+/m1/s1. The number of aromatic nitrogens is 4. The maximum Gasteiger partial charge on any atom is 0.243 e.